The highest BCUT2D eigenvalue weighted by Gasteiger charge is 2.57. The van der Waals surface area contributed by atoms with Gasteiger partial charge in [0.1, 0.15) is 17.1 Å². The minimum Gasteiger partial charge on any atom is -0.511 e. The lowest BCUT2D eigenvalue weighted by Gasteiger charge is -2.47. The van der Waals surface area contributed by atoms with Gasteiger partial charge in [-0.3, -0.25) is 19.2 Å². The van der Waals surface area contributed by atoms with E-state index in [0.717, 1.165) is 0 Å². The Hall–Kier alpha value is -4.28. The number of primary amides is 1. The second kappa shape index (κ2) is 10.0. The van der Waals surface area contributed by atoms with Crippen LogP contribution in [0.4, 0.5) is 0 Å². The molecule has 0 spiro atoms. The molecule has 3 aliphatic rings. The summed E-state index contributed by atoms with van der Waals surface area (Å²) >= 11 is 0. The Morgan fingerprint density at radius 1 is 1.15 bits per heavy atom. The number of rotatable bonds is 6. The summed E-state index contributed by atoms with van der Waals surface area (Å²) < 4.78 is 4.98. The van der Waals surface area contributed by atoms with E-state index in [-0.39, 0.29) is 41.2 Å². The molecule has 0 aromatic heterocycles. The molecule has 2 aromatic rings. The number of ketones is 2. The number of aliphatic hydroxyl groups is 2. The second-order valence-electron chi connectivity index (χ2n) is 10.5. The summed E-state index contributed by atoms with van der Waals surface area (Å²) in [6, 6.07) is 10.0. The first-order valence-electron chi connectivity index (χ1n) is 13.0. The summed E-state index contributed by atoms with van der Waals surface area (Å²) in [5, 5.41) is 35.6. The number of allylic oxidation sites excluding steroid dienone is 2. The average Bonchev–Trinajstić information content (AvgIpc) is 2.90. The third-order valence-corrected chi connectivity index (χ3v) is 8.33. The number of phenolic OH excluding ortho intramolecular Hbond substituents is 1. The van der Waals surface area contributed by atoms with E-state index < -0.39 is 46.2 Å². The smallest absolute Gasteiger partial charge is 0.255 e. The van der Waals surface area contributed by atoms with Crippen molar-refractivity contribution in [3.63, 3.8) is 0 Å². The van der Waals surface area contributed by atoms with Gasteiger partial charge in [0, 0.05) is 37.1 Å². The van der Waals surface area contributed by atoms with E-state index in [2.05, 4.69) is 5.32 Å². The standard InChI is InChI=1S/C30H30N2O8/c1-14-23-17(11-18-13-22(34)25(28(31)37)27(36)30(14,18)39)12-20-19(6-7-21(33)24(20)26(23)35)15-4-3-5-16(10-15)29(38)32-8-9-40-2/h3-7,10,17-18,33-34,39H,8-9,11-13H2,1-2H3,(H2,31,37)(H,32,38)/t17?,18-,30+/m0/s1. The molecule has 5 rings (SSSR count). The quantitative estimate of drug-likeness (QED) is 0.270. The third-order valence-electron chi connectivity index (χ3n) is 8.33. The first kappa shape index (κ1) is 27.3. The van der Waals surface area contributed by atoms with Crippen molar-refractivity contribution in [2.75, 3.05) is 20.3 Å². The van der Waals surface area contributed by atoms with Crippen LogP contribution in [0.5, 0.6) is 5.75 Å². The maximum Gasteiger partial charge on any atom is 0.255 e. The van der Waals surface area contributed by atoms with E-state index in [4.69, 9.17) is 10.5 Å². The number of hydrogen-bond donors (Lipinski definition) is 5. The molecular formula is C30H30N2O8. The molecule has 3 atom stereocenters. The first-order chi connectivity index (χ1) is 19.0. The van der Waals surface area contributed by atoms with Crippen LogP contribution in [0.2, 0.25) is 0 Å². The molecule has 10 nitrogen and oxygen atoms in total. The fraction of sp³-hybridized carbons (Fsp3) is 0.333. The molecule has 0 radical (unpaired) electrons. The predicted molar refractivity (Wildman–Crippen MR) is 144 cm³/mol. The topological polar surface area (TPSA) is 176 Å². The van der Waals surface area contributed by atoms with Gasteiger partial charge in [0.05, 0.1) is 12.2 Å². The molecule has 0 bridgehead atoms. The Morgan fingerprint density at radius 2 is 1.90 bits per heavy atom. The number of carbonyl (C=O) groups excluding carboxylic acids is 4. The zero-order valence-electron chi connectivity index (χ0n) is 22.1. The van der Waals surface area contributed by atoms with Crippen molar-refractivity contribution in [2.24, 2.45) is 17.6 Å². The van der Waals surface area contributed by atoms with Gasteiger partial charge < -0.3 is 31.1 Å². The maximum absolute atomic E-state index is 13.9. The number of nitrogens with two attached hydrogens (primary N) is 1. The highest BCUT2D eigenvalue weighted by atomic mass is 16.5. The largest absolute Gasteiger partial charge is 0.511 e. The van der Waals surface area contributed by atoms with Gasteiger partial charge in [0.15, 0.2) is 11.4 Å². The second-order valence-corrected chi connectivity index (χ2v) is 10.5. The minimum atomic E-state index is -2.17. The average molecular weight is 547 g/mol. The van der Waals surface area contributed by atoms with E-state index in [1.54, 1.807) is 31.4 Å². The van der Waals surface area contributed by atoms with Crippen molar-refractivity contribution in [3.05, 3.63) is 75.6 Å². The van der Waals surface area contributed by atoms with Gasteiger partial charge in [-0.1, -0.05) is 18.2 Å². The number of carbonyl (C=O) groups is 4. The highest BCUT2D eigenvalue weighted by molar-refractivity contribution is 6.24. The van der Waals surface area contributed by atoms with E-state index in [1.165, 1.54) is 13.0 Å². The summed E-state index contributed by atoms with van der Waals surface area (Å²) in [7, 11) is 1.54. The van der Waals surface area contributed by atoms with E-state index in [9.17, 15) is 34.5 Å². The SMILES string of the molecule is COCCNC(=O)c1cccc(-c2ccc(O)c3c2CC2C[C@H]4CC(O)=C(C(N)=O)C(=O)[C@@]4(O)C(C)=C2C3=O)c1. The Kier molecular flexibility index (Phi) is 6.85. The number of phenols is 1. The number of amides is 2. The fourth-order valence-electron chi connectivity index (χ4n) is 6.44. The summed E-state index contributed by atoms with van der Waals surface area (Å²) in [5.41, 5.74) is 5.22. The Bertz CT molecular complexity index is 1540. The van der Waals surface area contributed by atoms with E-state index in [1.807, 2.05) is 6.07 Å². The van der Waals surface area contributed by atoms with Crippen LogP contribution < -0.4 is 11.1 Å². The molecule has 40 heavy (non-hydrogen) atoms. The number of nitrogens with one attached hydrogen (secondary N) is 1. The first-order valence-corrected chi connectivity index (χ1v) is 13.0. The van der Waals surface area contributed by atoms with Crippen molar-refractivity contribution in [2.45, 2.75) is 31.8 Å². The van der Waals surface area contributed by atoms with Gasteiger partial charge >= 0.3 is 0 Å². The molecule has 2 amide bonds. The van der Waals surface area contributed by atoms with Crippen molar-refractivity contribution in [3.8, 4) is 16.9 Å². The minimum absolute atomic E-state index is 0.0665. The summed E-state index contributed by atoms with van der Waals surface area (Å²) in [6.07, 6.45) is 0.360. The van der Waals surface area contributed by atoms with Crippen molar-refractivity contribution in [1.82, 2.24) is 5.32 Å². The van der Waals surface area contributed by atoms with Crippen LogP contribution in [-0.4, -0.2) is 64.6 Å². The number of fused-ring (bicyclic) bond motifs is 3. The molecular weight excluding hydrogens is 516 g/mol. The number of ether oxygens (including phenoxy) is 1. The Balaban J connectivity index is 1.58. The van der Waals surface area contributed by atoms with E-state index >= 15 is 0 Å². The fourth-order valence-corrected chi connectivity index (χ4v) is 6.44. The van der Waals surface area contributed by atoms with Gasteiger partial charge in [-0.15, -0.1) is 0 Å². The highest BCUT2D eigenvalue weighted by Crippen LogP contribution is 2.52. The maximum atomic E-state index is 13.9. The molecule has 10 heteroatoms. The third kappa shape index (κ3) is 4.11. The van der Waals surface area contributed by atoms with Gasteiger partial charge in [0.2, 0.25) is 5.78 Å². The van der Waals surface area contributed by atoms with Gasteiger partial charge in [-0.25, -0.2) is 0 Å². The van der Waals surface area contributed by atoms with Crippen LogP contribution in [0, 0.1) is 11.8 Å². The number of methoxy groups -OCH3 is 1. The van der Waals surface area contributed by atoms with Gasteiger partial charge in [-0.05, 0) is 66.1 Å². The lowest BCUT2D eigenvalue weighted by molar-refractivity contribution is -0.140. The molecule has 0 aliphatic heterocycles. The van der Waals surface area contributed by atoms with Gasteiger partial charge in [0.25, 0.3) is 11.8 Å². The molecule has 0 saturated heterocycles. The van der Waals surface area contributed by atoms with Crippen LogP contribution in [0.3, 0.4) is 0 Å². The van der Waals surface area contributed by atoms with E-state index in [0.29, 0.717) is 41.8 Å². The molecule has 6 N–H and O–H groups in total. The number of benzene rings is 2. The van der Waals surface area contributed by atoms with Crippen LogP contribution in [0.1, 0.15) is 46.0 Å². The van der Waals surface area contributed by atoms with Crippen molar-refractivity contribution >= 4 is 23.4 Å². The van der Waals surface area contributed by atoms with Crippen molar-refractivity contribution < 1.29 is 39.2 Å². The van der Waals surface area contributed by atoms with Crippen LogP contribution in [0.15, 0.2) is 58.9 Å². The predicted octanol–water partition coefficient (Wildman–Crippen LogP) is 2.13. The summed E-state index contributed by atoms with van der Waals surface area (Å²) in [4.78, 5) is 51.7. The Labute approximate surface area is 230 Å². The monoisotopic (exact) mass is 546 g/mol. The number of hydrogen-bond acceptors (Lipinski definition) is 8. The number of Topliss-reactive ketones (excluding diaryl/α,β-unsaturated/α-hetero) is 2. The zero-order valence-corrected chi connectivity index (χ0v) is 22.1. The Morgan fingerprint density at radius 3 is 2.60 bits per heavy atom. The zero-order chi connectivity index (χ0) is 28.9. The molecule has 208 valence electrons. The van der Waals surface area contributed by atoms with Crippen LogP contribution >= 0.6 is 0 Å². The molecule has 0 heterocycles. The molecule has 2 aromatic carbocycles. The van der Waals surface area contributed by atoms with Crippen molar-refractivity contribution in [1.29, 1.82) is 0 Å². The molecule has 0 fully saturated rings. The number of aromatic hydroxyl groups is 1. The summed E-state index contributed by atoms with van der Waals surface area (Å²) in [6.45, 7) is 2.19. The lowest BCUT2D eigenvalue weighted by atomic mass is 9.58. The van der Waals surface area contributed by atoms with Crippen LogP contribution in [0.25, 0.3) is 11.1 Å². The number of aliphatic hydroxyl groups excluding tert-OH is 1. The molecule has 3 aliphatic carbocycles. The molecule has 0 saturated carbocycles. The van der Waals surface area contributed by atoms with Gasteiger partial charge in [-0.2, -0.15) is 0 Å². The lowest BCUT2D eigenvalue weighted by Crippen LogP contribution is -2.56. The van der Waals surface area contributed by atoms with Crippen LogP contribution in [-0.2, 0) is 20.7 Å². The normalized spacial score (nSPS) is 23.9. The molecule has 1 unspecified atom stereocenters. The summed E-state index contributed by atoms with van der Waals surface area (Å²) in [5.74, 6) is -4.86.